The van der Waals surface area contributed by atoms with Crippen molar-refractivity contribution >= 4 is 23.5 Å². The molecule has 8 heteroatoms. The Morgan fingerprint density at radius 1 is 1.24 bits per heavy atom. The summed E-state index contributed by atoms with van der Waals surface area (Å²) in [5.74, 6) is -0.00472. The van der Waals surface area contributed by atoms with E-state index in [4.69, 9.17) is 5.26 Å². The number of carbonyl (C=O) groups is 2. The second-order valence-electron chi connectivity index (χ2n) is 4.89. The molecule has 1 aromatic heterocycles. The predicted octanol–water partition coefficient (Wildman–Crippen LogP) is 1.97. The summed E-state index contributed by atoms with van der Waals surface area (Å²) in [5, 5.41) is 17.2. The first kappa shape index (κ1) is 17.7. The number of esters is 1. The lowest BCUT2D eigenvalue weighted by Gasteiger charge is -2.10. The molecule has 2 aromatic rings. The van der Waals surface area contributed by atoms with Crippen LogP contribution in [0.4, 0.5) is 16.3 Å². The summed E-state index contributed by atoms with van der Waals surface area (Å²) in [7, 11) is 1.29. The van der Waals surface area contributed by atoms with Crippen LogP contribution in [0.25, 0.3) is 0 Å². The van der Waals surface area contributed by atoms with Crippen LogP contribution in [-0.4, -0.2) is 37.2 Å². The minimum Gasteiger partial charge on any atom is -0.465 e. The molecule has 25 heavy (non-hydrogen) atoms. The van der Waals surface area contributed by atoms with E-state index in [9.17, 15) is 9.59 Å². The van der Waals surface area contributed by atoms with Crippen LogP contribution in [0.1, 0.15) is 15.9 Å². The molecule has 0 aliphatic rings. The van der Waals surface area contributed by atoms with Gasteiger partial charge in [-0.3, -0.25) is 0 Å². The molecule has 2 amide bonds. The van der Waals surface area contributed by atoms with Crippen LogP contribution in [0.15, 0.2) is 42.6 Å². The van der Waals surface area contributed by atoms with E-state index in [1.165, 1.54) is 13.2 Å². The van der Waals surface area contributed by atoms with E-state index in [0.717, 1.165) is 0 Å². The summed E-state index contributed by atoms with van der Waals surface area (Å²) in [4.78, 5) is 27.4. The molecule has 0 unspecified atom stereocenters. The number of urea groups is 1. The quantitative estimate of drug-likeness (QED) is 0.547. The molecule has 0 saturated carbocycles. The summed E-state index contributed by atoms with van der Waals surface area (Å²) in [6.45, 7) is 0.727. The van der Waals surface area contributed by atoms with E-state index < -0.39 is 12.0 Å². The number of anilines is 2. The van der Waals surface area contributed by atoms with Crippen LogP contribution in [-0.2, 0) is 4.74 Å². The molecule has 0 aliphatic heterocycles. The van der Waals surface area contributed by atoms with Crippen molar-refractivity contribution in [2.24, 2.45) is 0 Å². The van der Waals surface area contributed by atoms with Crippen LogP contribution >= 0.6 is 0 Å². The van der Waals surface area contributed by atoms with Gasteiger partial charge in [-0.2, -0.15) is 5.26 Å². The number of amides is 2. The van der Waals surface area contributed by atoms with Gasteiger partial charge in [0.1, 0.15) is 11.9 Å². The maximum absolute atomic E-state index is 11.9. The number of benzene rings is 1. The fourth-order valence-corrected chi connectivity index (χ4v) is 2.01. The molecule has 0 atom stereocenters. The van der Waals surface area contributed by atoms with Crippen molar-refractivity contribution in [1.29, 1.82) is 5.26 Å². The Kier molecular flexibility index (Phi) is 6.31. The molecule has 2 rings (SSSR count). The second-order valence-corrected chi connectivity index (χ2v) is 4.89. The maximum Gasteiger partial charge on any atom is 0.337 e. The fourth-order valence-electron chi connectivity index (χ4n) is 2.01. The lowest BCUT2D eigenvalue weighted by Crippen LogP contribution is -2.32. The molecule has 1 aromatic carbocycles. The summed E-state index contributed by atoms with van der Waals surface area (Å²) in [6.07, 6.45) is 1.58. The minimum absolute atomic E-state index is 0.323. The highest BCUT2D eigenvalue weighted by atomic mass is 16.5. The summed E-state index contributed by atoms with van der Waals surface area (Å²) in [6, 6.07) is 11.4. The Labute approximate surface area is 144 Å². The van der Waals surface area contributed by atoms with Crippen LogP contribution in [0.3, 0.4) is 0 Å². The third kappa shape index (κ3) is 5.21. The molecule has 0 bridgehead atoms. The lowest BCUT2D eigenvalue weighted by atomic mass is 10.2. The van der Waals surface area contributed by atoms with E-state index in [1.54, 1.807) is 36.5 Å². The van der Waals surface area contributed by atoms with Gasteiger partial charge in [0.15, 0.2) is 0 Å². The van der Waals surface area contributed by atoms with Gasteiger partial charge in [0.25, 0.3) is 0 Å². The number of hydrogen-bond acceptors (Lipinski definition) is 6. The highest BCUT2D eigenvalue weighted by Gasteiger charge is 2.07. The Morgan fingerprint density at radius 3 is 2.84 bits per heavy atom. The summed E-state index contributed by atoms with van der Waals surface area (Å²) < 4.78 is 4.63. The SMILES string of the molecule is COC(=O)c1cccc(NC(=O)NCCNc2ncccc2C#N)c1. The zero-order valence-corrected chi connectivity index (χ0v) is 13.6. The monoisotopic (exact) mass is 339 g/mol. The van der Waals surface area contributed by atoms with Gasteiger partial charge in [0.2, 0.25) is 0 Å². The van der Waals surface area contributed by atoms with Crippen molar-refractivity contribution < 1.29 is 14.3 Å². The largest absolute Gasteiger partial charge is 0.465 e. The van der Waals surface area contributed by atoms with Gasteiger partial charge in [-0.05, 0) is 30.3 Å². The zero-order valence-electron chi connectivity index (χ0n) is 13.6. The highest BCUT2D eigenvalue weighted by Crippen LogP contribution is 2.11. The van der Waals surface area contributed by atoms with Crippen molar-refractivity contribution in [3.63, 3.8) is 0 Å². The van der Waals surface area contributed by atoms with E-state index in [-0.39, 0.29) is 0 Å². The molecular weight excluding hydrogens is 322 g/mol. The van der Waals surface area contributed by atoms with Crippen molar-refractivity contribution in [1.82, 2.24) is 10.3 Å². The van der Waals surface area contributed by atoms with E-state index in [0.29, 0.717) is 35.7 Å². The smallest absolute Gasteiger partial charge is 0.337 e. The van der Waals surface area contributed by atoms with Gasteiger partial charge in [-0.1, -0.05) is 6.07 Å². The van der Waals surface area contributed by atoms with Crippen LogP contribution < -0.4 is 16.0 Å². The van der Waals surface area contributed by atoms with Crippen molar-refractivity contribution in [2.75, 3.05) is 30.8 Å². The molecule has 1 heterocycles. The molecule has 8 nitrogen and oxygen atoms in total. The molecule has 0 radical (unpaired) electrons. The Morgan fingerprint density at radius 2 is 2.08 bits per heavy atom. The highest BCUT2D eigenvalue weighted by molar-refractivity contribution is 5.93. The number of carbonyl (C=O) groups excluding carboxylic acids is 2. The van der Waals surface area contributed by atoms with E-state index >= 15 is 0 Å². The first-order valence-electron chi connectivity index (χ1n) is 7.46. The van der Waals surface area contributed by atoms with Gasteiger partial charge in [0, 0.05) is 25.0 Å². The number of aromatic nitrogens is 1. The van der Waals surface area contributed by atoms with Crippen molar-refractivity contribution in [3.05, 3.63) is 53.7 Å². The molecule has 128 valence electrons. The molecule has 0 aliphatic carbocycles. The van der Waals surface area contributed by atoms with Crippen molar-refractivity contribution in [3.8, 4) is 6.07 Å². The lowest BCUT2D eigenvalue weighted by molar-refractivity contribution is 0.0600. The second kappa shape index (κ2) is 8.88. The zero-order chi connectivity index (χ0) is 18.1. The number of ether oxygens (including phenoxy) is 1. The number of nitrogens with zero attached hydrogens (tertiary/aromatic N) is 2. The molecule has 0 fully saturated rings. The molecular formula is C17H17N5O3. The maximum atomic E-state index is 11.9. The average Bonchev–Trinajstić information content (AvgIpc) is 2.65. The number of nitrogens with one attached hydrogen (secondary N) is 3. The van der Waals surface area contributed by atoms with Gasteiger partial charge in [-0.25, -0.2) is 14.6 Å². The summed E-state index contributed by atoms with van der Waals surface area (Å²) in [5.41, 5.74) is 1.26. The number of pyridine rings is 1. The van der Waals surface area contributed by atoms with Crippen molar-refractivity contribution in [2.45, 2.75) is 0 Å². The fraction of sp³-hybridized carbons (Fsp3) is 0.176. The molecule has 3 N–H and O–H groups in total. The van der Waals surface area contributed by atoms with Gasteiger partial charge in [0.05, 0.1) is 18.2 Å². The third-order valence-electron chi connectivity index (χ3n) is 3.17. The Bertz CT molecular complexity index is 801. The van der Waals surface area contributed by atoms with Gasteiger partial charge >= 0.3 is 12.0 Å². The molecule has 0 spiro atoms. The average molecular weight is 339 g/mol. The molecule has 0 saturated heterocycles. The standard InChI is InChI=1S/C17H17N5O3/c1-25-16(23)12-4-2-6-14(10-12)22-17(24)21-9-8-20-15-13(11-18)5-3-7-19-15/h2-7,10H,8-9H2,1H3,(H,19,20)(H2,21,22,24). The number of hydrogen-bond donors (Lipinski definition) is 3. The number of rotatable bonds is 6. The first-order chi connectivity index (χ1) is 12.1. The Hall–Kier alpha value is -3.60. The van der Waals surface area contributed by atoms with Crippen LogP contribution in [0, 0.1) is 11.3 Å². The van der Waals surface area contributed by atoms with E-state index in [2.05, 4.69) is 25.7 Å². The van der Waals surface area contributed by atoms with Crippen LogP contribution in [0.5, 0.6) is 0 Å². The number of methoxy groups -OCH3 is 1. The third-order valence-corrected chi connectivity index (χ3v) is 3.17. The van der Waals surface area contributed by atoms with E-state index in [1.807, 2.05) is 6.07 Å². The first-order valence-corrected chi connectivity index (χ1v) is 7.46. The van der Waals surface area contributed by atoms with Gasteiger partial charge < -0.3 is 20.7 Å². The normalized spacial score (nSPS) is 9.60. The van der Waals surface area contributed by atoms with Crippen LogP contribution in [0.2, 0.25) is 0 Å². The minimum atomic E-state index is -0.475. The number of nitriles is 1. The predicted molar refractivity (Wildman–Crippen MR) is 92.2 cm³/mol. The topological polar surface area (TPSA) is 116 Å². The Balaban J connectivity index is 1.79. The summed E-state index contributed by atoms with van der Waals surface area (Å²) >= 11 is 0. The van der Waals surface area contributed by atoms with Gasteiger partial charge in [-0.15, -0.1) is 0 Å².